The van der Waals surface area contributed by atoms with Crippen molar-refractivity contribution in [2.45, 2.75) is 19.3 Å². The number of carbonyl (C=O) groups excluding carboxylic acids is 2. The van der Waals surface area contributed by atoms with E-state index in [0.717, 1.165) is 6.42 Å². The highest BCUT2D eigenvalue weighted by molar-refractivity contribution is 5.94. The van der Waals surface area contributed by atoms with Gasteiger partial charge in [0.05, 0.1) is 0 Å². The third-order valence-corrected chi connectivity index (χ3v) is 4.08. The molecule has 0 radical (unpaired) electrons. The van der Waals surface area contributed by atoms with Gasteiger partial charge in [-0.05, 0) is 30.3 Å². The molecule has 2 heteroatoms. The Morgan fingerprint density at radius 1 is 1.07 bits per heavy atom. The van der Waals surface area contributed by atoms with Gasteiger partial charge in [-0.2, -0.15) is 0 Å². The van der Waals surface area contributed by atoms with Crippen molar-refractivity contribution in [3.05, 3.63) is 24.3 Å². The summed E-state index contributed by atoms with van der Waals surface area (Å²) in [7, 11) is 0. The summed E-state index contributed by atoms with van der Waals surface area (Å²) in [6, 6.07) is 0. The lowest BCUT2D eigenvalue weighted by atomic mass is 9.64. The zero-order valence-corrected chi connectivity index (χ0v) is 8.56. The Balaban J connectivity index is 2.00. The quantitative estimate of drug-likeness (QED) is 0.562. The van der Waals surface area contributed by atoms with Gasteiger partial charge in [-0.15, -0.1) is 0 Å². The van der Waals surface area contributed by atoms with Gasteiger partial charge in [0.1, 0.15) is 5.78 Å². The average molecular weight is 202 g/mol. The van der Waals surface area contributed by atoms with Gasteiger partial charge in [0.2, 0.25) is 0 Å². The second-order valence-corrected chi connectivity index (χ2v) is 4.86. The summed E-state index contributed by atoms with van der Waals surface area (Å²) in [4.78, 5) is 23.2. The minimum Gasteiger partial charge on any atom is -0.300 e. The summed E-state index contributed by atoms with van der Waals surface area (Å²) in [6.07, 6.45) is 10.1. The van der Waals surface area contributed by atoms with Crippen molar-refractivity contribution in [3.63, 3.8) is 0 Å². The van der Waals surface area contributed by atoms with E-state index < -0.39 is 0 Å². The summed E-state index contributed by atoms with van der Waals surface area (Å²) < 4.78 is 0. The number of rotatable bonds is 0. The number of ketones is 2. The Labute approximate surface area is 89.0 Å². The first-order valence-electron chi connectivity index (χ1n) is 5.68. The fourth-order valence-corrected chi connectivity index (χ4v) is 3.29. The highest BCUT2D eigenvalue weighted by Gasteiger charge is 2.42. The first-order valence-corrected chi connectivity index (χ1v) is 5.68. The lowest BCUT2D eigenvalue weighted by Gasteiger charge is -2.38. The second-order valence-electron chi connectivity index (χ2n) is 4.86. The fraction of sp³-hybridized carbons (Fsp3) is 0.538. The lowest BCUT2D eigenvalue weighted by Crippen LogP contribution is -2.37. The Hall–Kier alpha value is -1.18. The normalized spacial score (nSPS) is 42.9. The maximum absolute atomic E-state index is 11.8. The molecule has 0 heterocycles. The molecular formula is C13H14O2. The van der Waals surface area contributed by atoms with Crippen LogP contribution >= 0.6 is 0 Å². The molecule has 1 saturated carbocycles. The number of allylic oxidation sites excluding steroid dienone is 4. The van der Waals surface area contributed by atoms with Gasteiger partial charge in [0, 0.05) is 18.8 Å². The van der Waals surface area contributed by atoms with E-state index in [0.29, 0.717) is 36.4 Å². The van der Waals surface area contributed by atoms with Crippen LogP contribution in [-0.4, -0.2) is 11.6 Å². The molecule has 0 aromatic rings. The van der Waals surface area contributed by atoms with Crippen LogP contribution in [0.4, 0.5) is 0 Å². The Kier molecular flexibility index (Phi) is 1.91. The first kappa shape index (κ1) is 9.08. The van der Waals surface area contributed by atoms with Gasteiger partial charge < -0.3 is 0 Å². The van der Waals surface area contributed by atoms with Crippen molar-refractivity contribution in [2.24, 2.45) is 23.7 Å². The minimum absolute atomic E-state index is 0.0538. The molecule has 0 aliphatic heterocycles. The molecule has 1 fully saturated rings. The molecule has 4 atom stereocenters. The third kappa shape index (κ3) is 1.31. The van der Waals surface area contributed by atoms with E-state index in [4.69, 9.17) is 0 Å². The van der Waals surface area contributed by atoms with E-state index in [-0.39, 0.29) is 11.7 Å². The average Bonchev–Trinajstić information content (AvgIpc) is 2.48. The second kappa shape index (κ2) is 3.16. The first-order chi connectivity index (χ1) is 7.25. The van der Waals surface area contributed by atoms with Crippen LogP contribution in [0.15, 0.2) is 24.3 Å². The van der Waals surface area contributed by atoms with E-state index in [1.807, 2.05) is 6.08 Å². The molecule has 0 unspecified atom stereocenters. The summed E-state index contributed by atoms with van der Waals surface area (Å²) in [5.41, 5.74) is 0. The van der Waals surface area contributed by atoms with Crippen LogP contribution in [0.2, 0.25) is 0 Å². The predicted molar refractivity (Wildman–Crippen MR) is 56.1 cm³/mol. The van der Waals surface area contributed by atoms with E-state index in [9.17, 15) is 9.59 Å². The molecule has 2 nitrogen and oxygen atoms in total. The predicted octanol–water partition coefficient (Wildman–Crippen LogP) is 1.91. The fourth-order valence-electron chi connectivity index (χ4n) is 3.29. The topological polar surface area (TPSA) is 34.1 Å². The van der Waals surface area contributed by atoms with E-state index in [2.05, 4.69) is 12.2 Å². The van der Waals surface area contributed by atoms with Crippen LogP contribution in [0.25, 0.3) is 0 Å². The highest BCUT2D eigenvalue weighted by Crippen LogP contribution is 2.45. The van der Waals surface area contributed by atoms with Crippen LogP contribution in [0.1, 0.15) is 19.3 Å². The lowest BCUT2D eigenvalue weighted by molar-refractivity contribution is -0.126. The Morgan fingerprint density at radius 2 is 1.93 bits per heavy atom. The molecule has 4 aliphatic rings. The number of hydrogen-bond acceptors (Lipinski definition) is 2. The summed E-state index contributed by atoms with van der Waals surface area (Å²) in [6.45, 7) is 0. The minimum atomic E-state index is 0.0538. The van der Waals surface area contributed by atoms with Crippen molar-refractivity contribution < 1.29 is 9.59 Å². The van der Waals surface area contributed by atoms with Gasteiger partial charge in [-0.1, -0.05) is 18.2 Å². The molecule has 0 spiro atoms. The zero-order valence-electron chi connectivity index (χ0n) is 8.56. The van der Waals surface area contributed by atoms with Gasteiger partial charge in [-0.25, -0.2) is 0 Å². The van der Waals surface area contributed by atoms with Crippen molar-refractivity contribution in [1.29, 1.82) is 0 Å². The van der Waals surface area contributed by atoms with E-state index in [1.165, 1.54) is 0 Å². The van der Waals surface area contributed by atoms with Crippen molar-refractivity contribution in [1.82, 2.24) is 0 Å². The van der Waals surface area contributed by atoms with Gasteiger partial charge in [0.25, 0.3) is 0 Å². The van der Waals surface area contributed by atoms with Crippen molar-refractivity contribution in [3.8, 4) is 0 Å². The van der Waals surface area contributed by atoms with Crippen LogP contribution in [0.3, 0.4) is 0 Å². The largest absolute Gasteiger partial charge is 0.300 e. The third-order valence-electron chi connectivity index (χ3n) is 4.08. The van der Waals surface area contributed by atoms with Crippen LogP contribution in [-0.2, 0) is 9.59 Å². The molecule has 4 rings (SSSR count). The summed E-state index contributed by atoms with van der Waals surface area (Å²) >= 11 is 0. The smallest absolute Gasteiger partial charge is 0.162 e. The maximum Gasteiger partial charge on any atom is 0.162 e. The van der Waals surface area contributed by atoms with E-state index in [1.54, 1.807) is 6.08 Å². The molecule has 78 valence electrons. The molecule has 15 heavy (non-hydrogen) atoms. The molecule has 2 bridgehead atoms. The molecule has 0 N–H and O–H groups in total. The monoisotopic (exact) mass is 202 g/mol. The number of Topliss-reactive ketones (excluding diaryl/α,β-unsaturated/α-hetero) is 1. The van der Waals surface area contributed by atoms with Crippen LogP contribution in [0.5, 0.6) is 0 Å². The molecular weight excluding hydrogens is 188 g/mol. The molecule has 0 saturated heterocycles. The van der Waals surface area contributed by atoms with Crippen LogP contribution in [0, 0.1) is 23.7 Å². The van der Waals surface area contributed by atoms with Crippen molar-refractivity contribution >= 4 is 11.6 Å². The SMILES string of the molecule is O=C1CC[C@H]2[C@@H](C1)[C@@H]1C=CC(=O)[C@H]2C=C1. The number of hydrogen-bond donors (Lipinski definition) is 0. The van der Waals surface area contributed by atoms with Gasteiger partial charge in [0.15, 0.2) is 5.78 Å². The molecule has 0 amide bonds. The summed E-state index contributed by atoms with van der Waals surface area (Å²) in [5, 5.41) is 0. The standard InChI is InChI=1S/C13H14O2/c14-9-3-5-10-11-4-1-8(12(10)7-9)2-6-13(11)15/h1-2,4,6,8,10-12H,3,5,7H2/t8-,10+,11-,12-/m0/s1. The van der Waals surface area contributed by atoms with Crippen molar-refractivity contribution in [2.75, 3.05) is 0 Å². The van der Waals surface area contributed by atoms with Gasteiger partial charge in [-0.3, -0.25) is 9.59 Å². The highest BCUT2D eigenvalue weighted by atomic mass is 16.1. The molecule has 4 aliphatic carbocycles. The maximum atomic E-state index is 11.8. The number of carbonyl (C=O) groups is 2. The zero-order chi connectivity index (χ0) is 10.4. The van der Waals surface area contributed by atoms with E-state index >= 15 is 0 Å². The molecule has 0 aromatic heterocycles. The Bertz CT molecular complexity index is 378. The van der Waals surface area contributed by atoms with Gasteiger partial charge >= 0.3 is 0 Å². The van der Waals surface area contributed by atoms with Crippen LogP contribution < -0.4 is 0 Å². The Morgan fingerprint density at radius 3 is 2.80 bits per heavy atom. The number of fused-ring (bicyclic) bond motifs is 1. The molecule has 0 aromatic carbocycles. The summed E-state index contributed by atoms with van der Waals surface area (Å²) in [5.74, 6) is 1.79.